The molecule has 8 nitrogen and oxygen atoms in total. The highest BCUT2D eigenvalue weighted by Gasteiger charge is 2.31. The number of aromatic nitrogens is 5. The fourth-order valence-electron chi connectivity index (χ4n) is 2.35. The number of hydrogen-bond donors (Lipinski definition) is 2. The van der Waals surface area contributed by atoms with Gasteiger partial charge in [-0.05, 0) is 19.4 Å². The van der Waals surface area contributed by atoms with Crippen LogP contribution in [-0.2, 0) is 4.74 Å². The lowest BCUT2D eigenvalue weighted by molar-refractivity contribution is 0.0498. The van der Waals surface area contributed by atoms with E-state index in [0.29, 0.717) is 30.1 Å². The lowest BCUT2D eigenvalue weighted by Crippen LogP contribution is -2.41. The summed E-state index contributed by atoms with van der Waals surface area (Å²) in [4.78, 5) is 4.41. The van der Waals surface area contributed by atoms with E-state index < -0.39 is 0 Å². The molecular formula is C12H18N6O2. The number of H-pyrrole nitrogens is 1. The molecule has 108 valence electrons. The second kappa shape index (κ2) is 6.10. The highest BCUT2D eigenvalue weighted by Crippen LogP contribution is 2.26. The lowest BCUT2D eigenvalue weighted by Gasteiger charge is -2.29. The van der Waals surface area contributed by atoms with E-state index in [9.17, 15) is 0 Å². The molecule has 0 spiro atoms. The van der Waals surface area contributed by atoms with Crippen LogP contribution in [0.4, 0.5) is 0 Å². The highest BCUT2D eigenvalue weighted by atomic mass is 16.5. The second-order valence-electron chi connectivity index (χ2n) is 4.84. The van der Waals surface area contributed by atoms with Crippen molar-refractivity contribution in [3.05, 3.63) is 12.1 Å². The van der Waals surface area contributed by atoms with Gasteiger partial charge in [0, 0.05) is 12.6 Å². The molecule has 8 heteroatoms. The van der Waals surface area contributed by atoms with Gasteiger partial charge in [0.05, 0.1) is 18.7 Å². The standard InChI is InChI=1S/C12H18N6O2/c1-2-4-13-9-3-5-19-7-8(9)12-15-11(17-20-12)10-6-14-18-16-10/h6,8-9,13H,2-5,7H2,1H3,(H,14,16,18). The van der Waals surface area contributed by atoms with Crippen LogP contribution in [-0.4, -0.2) is 51.4 Å². The largest absolute Gasteiger partial charge is 0.381 e. The molecule has 0 aromatic carbocycles. The van der Waals surface area contributed by atoms with Crippen molar-refractivity contribution in [2.45, 2.75) is 31.7 Å². The van der Waals surface area contributed by atoms with E-state index in [-0.39, 0.29) is 5.92 Å². The molecule has 1 aliphatic heterocycles. The van der Waals surface area contributed by atoms with E-state index in [4.69, 9.17) is 9.26 Å². The molecule has 0 amide bonds. The van der Waals surface area contributed by atoms with E-state index >= 15 is 0 Å². The minimum absolute atomic E-state index is 0.0865. The monoisotopic (exact) mass is 278 g/mol. The molecular weight excluding hydrogens is 260 g/mol. The van der Waals surface area contributed by atoms with Crippen molar-refractivity contribution in [1.29, 1.82) is 0 Å². The normalized spacial score (nSPS) is 23.1. The maximum absolute atomic E-state index is 5.54. The summed E-state index contributed by atoms with van der Waals surface area (Å²) in [6, 6.07) is 0.314. The molecule has 0 aliphatic carbocycles. The van der Waals surface area contributed by atoms with Crippen molar-refractivity contribution in [1.82, 2.24) is 30.9 Å². The van der Waals surface area contributed by atoms with Crippen LogP contribution < -0.4 is 5.32 Å². The molecule has 2 aromatic heterocycles. The molecule has 2 atom stereocenters. The SMILES string of the molecule is CCCNC1CCOCC1c1nc(-c2cn[nH]n2)no1. The summed E-state index contributed by atoms with van der Waals surface area (Å²) in [6.07, 6.45) is 3.61. The predicted octanol–water partition coefficient (Wildman–Crippen LogP) is 0.727. The Kier molecular flexibility index (Phi) is 4.03. The van der Waals surface area contributed by atoms with Gasteiger partial charge in [0.15, 0.2) is 5.69 Å². The molecule has 2 unspecified atom stereocenters. The van der Waals surface area contributed by atoms with E-state index in [1.807, 2.05) is 0 Å². The molecule has 2 N–H and O–H groups in total. The lowest BCUT2D eigenvalue weighted by atomic mass is 9.95. The summed E-state index contributed by atoms with van der Waals surface area (Å²) in [6.45, 7) is 4.49. The molecule has 3 heterocycles. The van der Waals surface area contributed by atoms with Gasteiger partial charge in [-0.3, -0.25) is 0 Å². The van der Waals surface area contributed by atoms with Gasteiger partial charge >= 0.3 is 0 Å². The van der Waals surface area contributed by atoms with Gasteiger partial charge in [-0.25, -0.2) is 0 Å². The van der Waals surface area contributed by atoms with Crippen molar-refractivity contribution in [2.75, 3.05) is 19.8 Å². The predicted molar refractivity (Wildman–Crippen MR) is 69.9 cm³/mol. The molecule has 1 saturated heterocycles. The van der Waals surface area contributed by atoms with Crippen molar-refractivity contribution in [3.63, 3.8) is 0 Å². The topological polar surface area (TPSA) is 102 Å². The molecule has 1 aliphatic rings. The van der Waals surface area contributed by atoms with Gasteiger partial charge in [0.2, 0.25) is 11.7 Å². The first-order chi connectivity index (χ1) is 9.88. The summed E-state index contributed by atoms with van der Waals surface area (Å²) in [7, 11) is 0. The van der Waals surface area contributed by atoms with Crippen LogP contribution in [0.25, 0.3) is 11.5 Å². The molecule has 3 rings (SSSR count). The Morgan fingerprint density at radius 1 is 1.50 bits per heavy atom. The van der Waals surface area contributed by atoms with Gasteiger partial charge in [-0.15, -0.1) is 0 Å². The van der Waals surface area contributed by atoms with Crippen LogP contribution in [0.2, 0.25) is 0 Å². The minimum atomic E-state index is 0.0865. The summed E-state index contributed by atoms with van der Waals surface area (Å²) in [5.74, 6) is 1.13. The number of ether oxygens (including phenoxy) is 1. The van der Waals surface area contributed by atoms with Crippen LogP contribution in [0.5, 0.6) is 0 Å². The van der Waals surface area contributed by atoms with Crippen molar-refractivity contribution >= 4 is 0 Å². The third-order valence-corrected chi connectivity index (χ3v) is 3.42. The average molecular weight is 278 g/mol. The van der Waals surface area contributed by atoms with E-state index in [1.54, 1.807) is 6.20 Å². The first-order valence-corrected chi connectivity index (χ1v) is 6.89. The number of hydrogen-bond acceptors (Lipinski definition) is 7. The van der Waals surface area contributed by atoms with E-state index in [1.165, 1.54) is 0 Å². The fraction of sp³-hybridized carbons (Fsp3) is 0.667. The zero-order valence-electron chi connectivity index (χ0n) is 11.4. The zero-order chi connectivity index (χ0) is 13.8. The Morgan fingerprint density at radius 3 is 3.25 bits per heavy atom. The van der Waals surface area contributed by atoms with E-state index in [0.717, 1.165) is 26.0 Å². The maximum atomic E-state index is 5.54. The van der Waals surface area contributed by atoms with Crippen molar-refractivity contribution in [3.8, 4) is 11.5 Å². The van der Waals surface area contributed by atoms with Gasteiger partial charge in [-0.2, -0.15) is 20.4 Å². The first kappa shape index (κ1) is 13.2. The number of nitrogens with one attached hydrogen (secondary N) is 2. The van der Waals surface area contributed by atoms with Crippen molar-refractivity contribution < 1.29 is 9.26 Å². The quantitative estimate of drug-likeness (QED) is 0.831. The second-order valence-corrected chi connectivity index (χ2v) is 4.84. The summed E-state index contributed by atoms with van der Waals surface area (Å²) in [5.41, 5.74) is 0.579. The Hall–Kier alpha value is -1.80. The summed E-state index contributed by atoms with van der Waals surface area (Å²) < 4.78 is 10.9. The number of rotatable bonds is 5. The summed E-state index contributed by atoms with van der Waals surface area (Å²) in [5, 5.41) is 17.7. The Labute approximate surface area is 116 Å². The smallest absolute Gasteiger partial charge is 0.234 e. The van der Waals surface area contributed by atoms with E-state index in [2.05, 4.69) is 37.8 Å². The molecule has 0 saturated carbocycles. The van der Waals surface area contributed by atoms with Gasteiger partial charge < -0.3 is 14.6 Å². The summed E-state index contributed by atoms with van der Waals surface area (Å²) >= 11 is 0. The average Bonchev–Trinajstić information content (AvgIpc) is 3.15. The third kappa shape index (κ3) is 2.70. The Bertz CT molecular complexity index is 526. The van der Waals surface area contributed by atoms with Gasteiger partial charge in [-0.1, -0.05) is 12.1 Å². The zero-order valence-corrected chi connectivity index (χ0v) is 11.4. The van der Waals surface area contributed by atoms with Gasteiger partial charge in [0.1, 0.15) is 0 Å². The maximum Gasteiger partial charge on any atom is 0.234 e. The molecule has 1 fully saturated rings. The molecule has 20 heavy (non-hydrogen) atoms. The fourth-order valence-corrected chi connectivity index (χ4v) is 2.35. The number of aromatic amines is 1. The van der Waals surface area contributed by atoms with Crippen LogP contribution in [0.1, 0.15) is 31.6 Å². The first-order valence-electron chi connectivity index (χ1n) is 6.89. The molecule has 0 bridgehead atoms. The molecule has 0 radical (unpaired) electrons. The van der Waals surface area contributed by atoms with Crippen LogP contribution in [0.15, 0.2) is 10.7 Å². The third-order valence-electron chi connectivity index (χ3n) is 3.42. The Balaban J connectivity index is 1.76. The van der Waals surface area contributed by atoms with Gasteiger partial charge in [0.25, 0.3) is 0 Å². The van der Waals surface area contributed by atoms with Crippen LogP contribution in [0.3, 0.4) is 0 Å². The van der Waals surface area contributed by atoms with Crippen molar-refractivity contribution in [2.24, 2.45) is 0 Å². The number of nitrogens with zero attached hydrogens (tertiary/aromatic N) is 4. The molecule has 2 aromatic rings. The van der Waals surface area contributed by atoms with Crippen LogP contribution in [0, 0.1) is 0 Å². The van der Waals surface area contributed by atoms with Crippen LogP contribution >= 0.6 is 0 Å². The minimum Gasteiger partial charge on any atom is -0.381 e. The highest BCUT2D eigenvalue weighted by molar-refractivity contribution is 5.44. The Morgan fingerprint density at radius 2 is 2.45 bits per heavy atom.